The van der Waals surface area contributed by atoms with Gasteiger partial charge in [0.05, 0.1) is 0 Å². The highest BCUT2D eigenvalue weighted by Crippen LogP contribution is 2.32. The van der Waals surface area contributed by atoms with Crippen LogP contribution in [0.3, 0.4) is 0 Å². The van der Waals surface area contributed by atoms with Crippen molar-refractivity contribution in [2.45, 2.75) is 46.1 Å². The van der Waals surface area contributed by atoms with Gasteiger partial charge >= 0.3 is 0 Å². The second-order valence-electron chi connectivity index (χ2n) is 5.57. The highest BCUT2D eigenvalue weighted by Gasteiger charge is 2.25. The van der Waals surface area contributed by atoms with Gasteiger partial charge in [0.1, 0.15) is 0 Å². The maximum Gasteiger partial charge on any atom is 0.0442 e. The van der Waals surface area contributed by atoms with Crippen LogP contribution in [0.5, 0.6) is 0 Å². The van der Waals surface area contributed by atoms with Crippen LogP contribution in [0, 0.1) is 5.92 Å². The van der Waals surface area contributed by atoms with E-state index in [0.29, 0.717) is 0 Å². The molecule has 1 N–H and O–H groups in total. The monoisotopic (exact) mass is 261 g/mol. The Labute approximate surface area is 117 Å². The average molecular weight is 261 g/mol. The molecule has 0 aliphatic heterocycles. The molecule has 1 heterocycles. The number of hydrogen-bond acceptors (Lipinski definition) is 3. The SMILES string of the molecule is CCCNCc1cnccc1N(CCC)CC1CC1. The van der Waals surface area contributed by atoms with E-state index in [9.17, 15) is 0 Å². The van der Waals surface area contributed by atoms with Gasteiger partial charge in [-0.15, -0.1) is 0 Å². The average Bonchev–Trinajstić information content (AvgIpc) is 3.23. The molecule has 1 saturated carbocycles. The first-order valence-corrected chi connectivity index (χ1v) is 7.73. The molecular weight excluding hydrogens is 234 g/mol. The van der Waals surface area contributed by atoms with Crippen molar-refractivity contribution in [3.63, 3.8) is 0 Å². The lowest BCUT2D eigenvalue weighted by molar-refractivity contribution is 0.662. The van der Waals surface area contributed by atoms with Crippen LogP contribution in [0.15, 0.2) is 18.5 Å². The van der Waals surface area contributed by atoms with Gasteiger partial charge in [-0.3, -0.25) is 4.98 Å². The second kappa shape index (κ2) is 7.49. The number of aromatic nitrogens is 1. The second-order valence-corrected chi connectivity index (χ2v) is 5.57. The Balaban J connectivity index is 2.05. The van der Waals surface area contributed by atoms with Crippen molar-refractivity contribution in [2.24, 2.45) is 5.92 Å². The van der Waals surface area contributed by atoms with Gasteiger partial charge in [0.25, 0.3) is 0 Å². The van der Waals surface area contributed by atoms with Crippen LogP contribution >= 0.6 is 0 Å². The number of pyridine rings is 1. The summed E-state index contributed by atoms with van der Waals surface area (Å²) in [5, 5.41) is 3.49. The van der Waals surface area contributed by atoms with E-state index in [1.54, 1.807) is 0 Å². The molecule has 1 aliphatic carbocycles. The van der Waals surface area contributed by atoms with Crippen LogP contribution in [0.2, 0.25) is 0 Å². The Morgan fingerprint density at radius 2 is 2.16 bits per heavy atom. The third kappa shape index (κ3) is 4.50. The summed E-state index contributed by atoms with van der Waals surface area (Å²) in [6.45, 7) is 8.84. The molecule has 0 radical (unpaired) electrons. The van der Waals surface area contributed by atoms with E-state index in [1.807, 2.05) is 12.4 Å². The molecule has 0 spiro atoms. The summed E-state index contributed by atoms with van der Waals surface area (Å²) < 4.78 is 0. The van der Waals surface area contributed by atoms with Crippen LogP contribution in [0.25, 0.3) is 0 Å². The number of nitrogens with one attached hydrogen (secondary N) is 1. The van der Waals surface area contributed by atoms with E-state index in [2.05, 4.69) is 35.1 Å². The van der Waals surface area contributed by atoms with Crippen molar-refractivity contribution in [1.29, 1.82) is 0 Å². The van der Waals surface area contributed by atoms with Crippen LogP contribution < -0.4 is 10.2 Å². The molecule has 106 valence electrons. The van der Waals surface area contributed by atoms with Crippen molar-refractivity contribution in [1.82, 2.24) is 10.3 Å². The fourth-order valence-electron chi connectivity index (χ4n) is 2.46. The van der Waals surface area contributed by atoms with Crippen molar-refractivity contribution in [2.75, 3.05) is 24.5 Å². The third-order valence-corrected chi connectivity index (χ3v) is 3.63. The quantitative estimate of drug-likeness (QED) is 0.692. The molecule has 1 fully saturated rings. The zero-order valence-corrected chi connectivity index (χ0v) is 12.4. The van der Waals surface area contributed by atoms with E-state index >= 15 is 0 Å². The van der Waals surface area contributed by atoms with Gasteiger partial charge in [-0.25, -0.2) is 0 Å². The standard InChI is InChI=1S/C16H27N3/c1-3-8-17-11-15-12-18-9-7-16(15)19(10-4-2)13-14-5-6-14/h7,9,12,14,17H,3-6,8,10-11,13H2,1-2H3. The van der Waals surface area contributed by atoms with E-state index in [0.717, 1.165) is 25.6 Å². The van der Waals surface area contributed by atoms with Crippen molar-refractivity contribution in [3.8, 4) is 0 Å². The predicted octanol–water partition coefficient (Wildman–Crippen LogP) is 3.21. The van der Waals surface area contributed by atoms with Crippen molar-refractivity contribution in [3.05, 3.63) is 24.0 Å². The number of hydrogen-bond donors (Lipinski definition) is 1. The van der Waals surface area contributed by atoms with E-state index in [1.165, 1.54) is 43.5 Å². The Bertz CT molecular complexity index is 374. The lowest BCUT2D eigenvalue weighted by Gasteiger charge is -2.26. The molecule has 0 amide bonds. The fourth-order valence-corrected chi connectivity index (χ4v) is 2.46. The van der Waals surface area contributed by atoms with Gasteiger partial charge in [-0.05, 0) is 44.2 Å². The first-order chi connectivity index (χ1) is 9.35. The summed E-state index contributed by atoms with van der Waals surface area (Å²) in [7, 11) is 0. The van der Waals surface area contributed by atoms with E-state index in [4.69, 9.17) is 0 Å². The normalized spacial score (nSPS) is 14.6. The lowest BCUT2D eigenvalue weighted by Crippen LogP contribution is -2.28. The molecule has 3 nitrogen and oxygen atoms in total. The third-order valence-electron chi connectivity index (χ3n) is 3.63. The first-order valence-electron chi connectivity index (χ1n) is 7.73. The summed E-state index contributed by atoms with van der Waals surface area (Å²) in [6, 6.07) is 2.18. The molecule has 0 unspecified atom stereocenters. The Morgan fingerprint density at radius 3 is 2.84 bits per heavy atom. The van der Waals surface area contributed by atoms with Gasteiger partial charge in [0.2, 0.25) is 0 Å². The molecular formula is C16H27N3. The summed E-state index contributed by atoms with van der Waals surface area (Å²) in [6.07, 6.45) is 9.15. The van der Waals surface area contributed by atoms with Crippen LogP contribution in [-0.2, 0) is 6.54 Å². The number of rotatable bonds is 9. The van der Waals surface area contributed by atoms with Crippen molar-refractivity contribution < 1.29 is 0 Å². The smallest absolute Gasteiger partial charge is 0.0442 e. The molecule has 2 rings (SSSR count). The first kappa shape index (κ1) is 14.3. The molecule has 3 heteroatoms. The summed E-state index contributed by atoms with van der Waals surface area (Å²) in [5.41, 5.74) is 2.72. The molecule has 19 heavy (non-hydrogen) atoms. The maximum atomic E-state index is 4.29. The molecule has 0 aromatic carbocycles. The minimum absolute atomic E-state index is 0.927. The fraction of sp³-hybridized carbons (Fsp3) is 0.688. The minimum atomic E-state index is 0.927. The van der Waals surface area contributed by atoms with Crippen LogP contribution in [0.1, 0.15) is 45.1 Å². The summed E-state index contributed by atoms with van der Waals surface area (Å²) >= 11 is 0. The van der Waals surface area contributed by atoms with Gasteiger partial charge in [0, 0.05) is 43.3 Å². The Hall–Kier alpha value is -1.09. The largest absolute Gasteiger partial charge is 0.371 e. The number of anilines is 1. The van der Waals surface area contributed by atoms with Crippen LogP contribution in [0.4, 0.5) is 5.69 Å². The highest BCUT2D eigenvalue weighted by molar-refractivity contribution is 5.52. The summed E-state index contributed by atoms with van der Waals surface area (Å²) in [5.74, 6) is 0.927. The number of nitrogens with zero attached hydrogens (tertiary/aromatic N) is 2. The molecule has 0 saturated heterocycles. The Morgan fingerprint density at radius 1 is 1.32 bits per heavy atom. The maximum absolute atomic E-state index is 4.29. The van der Waals surface area contributed by atoms with Crippen LogP contribution in [-0.4, -0.2) is 24.6 Å². The van der Waals surface area contributed by atoms with E-state index in [-0.39, 0.29) is 0 Å². The molecule has 0 atom stereocenters. The summed E-state index contributed by atoms with van der Waals surface area (Å²) in [4.78, 5) is 6.85. The van der Waals surface area contributed by atoms with Gasteiger partial charge < -0.3 is 10.2 Å². The van der Waals surface area contributed by atoms with Gasteiger partial charge in [0.15, 0.2) is 0 Å². The minimum Gasteiger partial charge on any atom is -0.371 e. The van der Waals surface area contributed by atoms with Crippen molar-refractivity contribution >= 4 is 5.69 Å². The molecule has 1 aromatic heterocycles. The molecule has 0 bridgehead atoms. The molecule has 1 aliphatic rings. The zero-order chi connectivity index (χ0) is 13.5. The Kier molecular flexibility index (Phi) is 5.64. The molecule has 1 aromatic rings. The van der Waals surface area contributed by atoms with E-state index < -0.39 is 0 Å². The van der Waals surface area contributed by atoms with Gasteiger partial charge in [-0.1, -0.05) is 13.8 Å². The zero-order valence-electron chi connectivity index (χ0n) is 12.4. The van der Waals surface area contributed by atoms with Gasteiger partial charge in [-0.2, -0.15) is 0 Å². The topological polar surface area (TPSA) is 28.2 Å². The lowest BCUT2D eigenvalue weighted by atomic mass is 10.2. The highest BCUT2D eigenvalue weighted by atomic mass is 15.1. The predicted molar refractivity (Wildman–Crippen MR) is 81.5 cm³/mol.